The standard InChI is InChI=1S/C23H28F3N5O2S/c1-2-29-7-9-30(10-8-29)20-15-19(23(24,25)26)27-22(28-20)34-16-17-3-5-18(6-4-17)21(32)31-11-13-33-14-12-31/h3-6,15H,2,7-14,16H2,1H3. The number of alkyl halides is 3. The van der Waals surface area contributed by atoms with Gasteiger partial charge in [-0.2, -0.15) is 13.2 Å². The number of carbonyl (C=O) groups excluding carboxylic acids is 1. The Balaban J connectivity index is 1.44. The van der Waals surface area contributed by atoms with E-state index in [4.69, 9.17) is 4.74 Å². The molecule has 3 heterocycles. The summed E-state index contributed by atoms with van der Waals surface area (Å²) in [5.74, 6) is 0.666. The lowest BCUT2D eigenvalue weighted by Crippen LogP contribution is -2.46. The first kappa shape index (κ1) is 24.7. The van der Waals surface area contributed by atoms with Gasteiger partial charge in [0.2, 0.25) is 0 Å². The van der Waals surface area contributed by atoms with Gasteiger partial charge >= 0.3 is 6.18 Å². The van der Waals surface area contributed by atoms with Gasteiger partial charge in [0.25, 0.3) is 5.91 Å². The molecule has 2 aliphatic heterocycles. The van der Waals surface area contributed by atoms with Gasteiger partial charge in [0.15, 0.2) is 10.9 Å². The Bertz CT molecular complexity index is 976. The Morgan fingerprint density at radius 2 is 1.71 bits per heavy atom. The molecular weight excluding hydrogens is 467 g/mol. The zero-order valence-corrected chi connectivity index (χ0v) is 19.9. The number of aromatic nitrogens is 2. The largest absolute Gasteiger partial charge is 0.433 e. The number of nitrogens with zero attached hydrogens (tertiary/aromatic N) is 5. The van der Waals surface area contributed by atoms with Crippen molar-refractivity contribution < 1.29 is 22.7 Å². The molecule has 0 atom stereocenters. The van der Waals surface area contributed by atoms with Crippen LogP contribution in [0.4, 0.5) is 19.0 Å². The first-order valence-electron chi connectivity index (χ1n) is 11.4. The fraction of sp³-hybridized carbons (Fsp3) is 0.522. The molecule has 0 radical (unpaired) electrons. The Hall–Kier alpha value is -2.37. The monoisotopic (exact) mass is 495 g/mol. The van der Waals surface area contributed by atoms with Crippen molar-refractivity contribution in [3.8, 4) is 0 Å². The number of carbonyl (C=O) groups is 1. The maximum Gasteiger partial charge on any atom is 0.433 e. The summed E-state index contributed by atoms with van der Waals surface area (Å²) in [5, 5.41) is 0.0937. The van der Waals surface area contributed by atoms with Gasteiger partial charge in [-0.1, -0.05) is 30.8 Å². The number of hydrogen-bond donors (Lipinski definition) is 0. The molecule has 0 aliphatic carbocycles. The number of ether oxygens (including phenoxy) is 1. The molecule has 11 heteroatoms. The van der Waals surface area contributed by atoms with E-state index >= 15 is 0 Å². The van der Waals surface area contributed by atoms with Gasteiger partial charge < -0.3 is 19.4 Å². The van der Waals surface area contributed by atoms with Crippen molar-refractivity contribution in [2.75, 3.05) is 63.9 Å². The maximum atomic E-state index is 13.5. The molecule has 1 aromatic carbocycles. The second kappa shape index (κ2) is 10.9. The fourth-order valence-corrected chi connectivity index (χ4v) is 4.73. The maximum absolute atomic E-state index is 13.5. The smallest absolute Gasteiger partial charge is 0.378 e. The second-order valence-corrected chi connectivity index (χ2v) is 9.15. The van der Waals surface area contributed by atoms with E-state index in [1.807, 2.05) is 17.0 Å². The zero-order chi connectivity index (χ0) is 24.1. The molecule has 1 amide bonds. The topological polar surface area (TPSA) is 61.8 Å². The number of rotatable bonds is 6. The molecule has 7 nitrogen and oxygen atoms in total. The first-order valence-corrected chi connectivity index (χ1v) is 12.3. The molecule has 2 aliphatic rings. The van der Waals surface area contributed by atoms with Crippen molar-refractivity contribution in [1.82, 2.24) is 19.8 Å². The molecule has 0 spiro atoms. The second-order valence-electron chi connectivity index (χ2n) is 8.20. The van der Waals surface area contributed by atoms with Gasteiger partial charge in [-0.15, -0.1) is 0 Å². The van der Waals surface area contributed by atoms with Gasteiger partial charge in [0, 0.05) is 56.7 Å². The van der Waals surface area contributed by atoms with Gasteiger partial charge in [-0.05, 0) is 24.2 Å². The Labute approximate surface area is 201 Å². The number of halogens is 3. The normalized spacial score (nSPS) is 17.8. The number of thioether (sulfide) groups is 1. The molecule has 0 unspecified atom stereocenters. The van der Waals surface area contributed by atoms with E-state index in [9.17, 15) is 18.0 Å². The van der Waals surface area contributed by atoms with Crippen molar-refractivity contribution in [3.63, 3.8) is 0 Å². The lowest BCUT2D eigenvalue weighted by atomic mass is 10.1. The number of likely N-dealkylation sites (N-methyl/N-ethyl adjacent to an activating group) is 1. The lowest BCUT2D eigenvalue weighted by molar-refractivity contribution is -0.141. The lowest BCUT2D eigenvalue weighted by Gasteiger charge is -2.35. The summed E-state index contributed by atoms with van der Waals surface area (Å²) >= 11 is 1.16. The molecule has 2 aromatic rings. The highest BCUT2D eigenvalue weighted by Gasteiger charge is 2.34. The SMILES string of the molecule is CCN1CCN(c2cc(C(F)(F)F)nc(SCc3ccc(C(=O)N4CCOCC4)cc3)n2)CC1. The summed E-state index contributed by atoms with van der Waals surface area (Å²) in [6, 6.07) is 8.18. The molecular formula is C23H28F3N5O2S. The predicted molar refractivity (Wildman–Crippen MR) is 124 cm³/mol. The van der Waals surface area contributed by atoms with Gasteiger partial charge in [-0.25, -0.2) is 9.97 Å². The van der Waals surface area contributed by atoms with Crippen LogP contribution in [0.1, 0.15) is 28.5 Å². The zero-order valence-electron chi connectivity index (χ0n) is 19.1. The van der Waals surface area contributed by atoms with Crippen LogP contribution >= 0.6 is 11.8 Å². The molecule has 0 saturated carbocycles. The van der Waals surface area contributed by atoms with E-state index in [2.05, 4.69) is 21.8 Å². The number of morpholine rings is 1. The summed E-state index contributed by atoms with van der Waals surface area (Å²) < 4.78 is 45.8. The van der Waals surface area contributed by atoms with Gasteiger partial charge in [0.1, 0.15) is 5.82 Å². The molecule has 4 rings (SSSR count). The van der Waals surface area contributed by atoms with E-state index in [0.29, 0.717) is 56.5 Å². The fourth-order valence-electron chi connectivity index (χ4n) is 3.92. The van der Waals surface area contributed by atoms with Crippen LogP contribution in [0.2, 0.25) is 0 Å². The number of benzene rings is 1. The minimum Gasteiger partial charge on any atom is -0.378 e. The van der Waals surface area contributed by atoms with Crippen LogP contribution in [0, 0.1) is 0 Å². The minimum atomic E-state index is -4.54. The van der Waals surface area contributed by atoms with Crippen LogP contribution in [-0.4, -0.2) is 84.7 Å². The highest BCUT2D eigenvalue weighted by molar-refractivity contribution is 7.98. The van der Waals surface area contributed by atoms with Gasteiger partial charge in [0.05, 0.1) is 13.2 Å². The summed E-state index contributed by atoms with van der Waals surface area (Å²) in [6.07, 6.45) is -4.54. The van der Waals surface area contributed by atoms with E-state index in [1.54, 1.807) is 17.0 Å². The van der Waals surface area contributed by atoms with Crippen LogP contribution in [0.5, 0.6) is 0 Å². The molecule has 2 fully saturated rings. The van der Waals surface area contributed by atoms with Crippen molar-refractivity contribution in [2.24, 2.45) is 0 Å². The average Bonchev–Trinajstić information content (AvgIpc) is 2.87. The number of hydrogen-bond acceptors (Lipinski definition) is 7. The highest BCUT2D eigenvalue weighted by Crippen LogP contribution is 2.32. The van der Waals surface area contributed by atoms with E-state index in [1.165, 1.54) is 0 Å². The summed E-state index contributed by atoms with van der Waals surface area (Å²) in [4.78, 5) is 26.7. The third-order valence-corrected chi connectivity index (χ3v) is 6.91. The van der Waals surface area contributed by atoms with Crippen molar-refractivity contribution in [3.05, 3.63) is 47.2 Å². The van der Waals surface area contributed by atoms with Crippen molar-refractivity contribution >= 4 is 23.5 Å². The number of piperazine rings is 1. The van der Waals surface area contributed by atoms with Gasteiger partial charge in [-0.3, -0.25) is 4.79 Å². The molecule has 34 heavy (non-hydrogen) atoms. The Kier molecular flexibility index (Phi) is 7.95. The third-order valence-electron chi connectivity index (χ3n) is 5.99. The van der Waals surface area contributed by atoms with Crippen molar-refractivity contribution in [1.29, 1.82) is 0 Å². The molecule has 1 aromatic heterocycles. The van der Waals surface area contributed by atoms with Crippen molar-refractivity contribution in [2.45, 2.75) is 24.0 Å². The van der Waals surface area contributed by atoms with E-state index in [-0.39, 0.29) is 11.1 Å². The first-order chi connectivity index (χ1) is 16.3. The average molecular weight is 496 g/mol. The van der Waals surface area contributed by atoms with Crippen LogP contribution in [0.3, 0.4) is 0 Å². The van der Waals surface area contributed by atoms with Crippen LogP contribution in [0.25, 0.3) is 0 Å². The Morgan fingerprint density at radius 3 is 2.32 bits per heavy atom. The van der Waals surface area contributed by atoms with Crippen LogP contribution in [0.15, 0.2) is 35.5 Å². The number of amides is 1. The minimum absolute atomic E-state index is 0.0449. The quantitative estimate of drug-likeness (QED) is 0.450. The summed E-state index contributed by atoms with van der Waals surface area (Å²) in [7, 11) is 0. The summed E-state index contributed by atoms with van der Waals surface area (Å²) in [6.45, 7) is 8.04. The van der Waals surface area contributed by atoms with E-state index in [0.717, 1.165) is 43.0 Å². The van der Waals surface area contributed by atoms with E-state index < -0.39 is 11.9 Å². The van der Waals surface area contributed by atoms with Crippen LogP contribution in [-0.2, 0) is 16.7 Å². The highest BCUT2D eigenvalue weighted by atomic mass is 32.2. The molecule has 184 valence electrons. The van der Waals surface area contributed by atoms with Crippen LogP contribution < -0.4 is 4.90 Å². The summed E-state index contributed by atoms with van der Waals surface area (Å²) in [5.41, 5.74) is 0.534. The predicted octanol–water partition coefficient (Wildman–Crippen LogP) is 3.40. The Morgan fingerprint density at radius 1 is 1.03 bits per heavy atom. The molecule has 2 saturated heterocycles. The number of anilines is 1. The molecule has 0 bridgehead atoms. The molecule has 0 N–H and O–H groups in total. The third kappa shape index (κ3) is 6.19.